The van der Waals surface area contributed by atoms with E-state index in [4.69, 9.17) is 61.3 Å². The molecule has 0 aromatic carbocycles. The summed E-state index contributed by atoms with van der Waals surface area (Å²) in [5.74, 6) is 0. The minimum Gasteiger partial charge on any atom is -0.356 e. The standard InChI is InChI=1S/Ge.4NO3/c;4*2-1(3)4/q+4;4*-1. The van der Waals surface area contributed by atoms with Gasteiger partial charge in [-0.05, 0) is 0 Å². The van der Waals surface area contributed by atoms with Crippen LogP contribution in [-0.4, -0.2) is 37.9 Å². The van der Waals surface area contributed by atoms with Gasteiger partial charge in [-0.2, -0.15) is 0 Å². The normalized spacial score (nSPS) is 5.65. The zero-order valence-corrected chi connectivity index (χ0v) is 9.29. The van der Waals surface area contributed by atoms with Gasteiger partial charge >= 0.3 is 17.6 Å². The van der Waals surface area contributed by atoms with E-state index < -0.39 is 20.3 Å². The summed E-state index contributed by atoms with van der Waals surface area (Å²) in [6, 6.07) is 0. The first-order valence-electron chi connectivity index (χ1n) is 2.19. The summed E-state index contributed by atoms with van der Waals surface area (Å²) in [5.41, 5.74) is 0. The maximum absolute atomic E-state index is 8.25. The van der Waals surface area contributed by atoms with Gasteiger partial charge in [0.25, 0.3) is 0 Å². The van der Waals surface area contributed by atoms with Crippen molar-refractivity contribution in [2.75, 3.05) is 0 Å². The van der Waals surface area contributed by atoms with Gasteiger partial charge in [0.2, 0.25) is 0 Å². The first kappa shape index (κ1) is 29.3. The zero-order valence-electron chi connectivity index (χ0n) is 7.19. The molecule has 0 spiro atoms. The van der Waals surface area contributed by atoms with Crippen LogP contribution < -0.4 is 0 Å². The van der Waals surface area contributed by atoms with Crippen LogP contribution in [0.15, 0.2) is 0 Å². The van der Waals surface area contributed by atoms with E-state index in [2.05, 4.69) is 0 Å². The van der Waals surface area contributed by atoms with Crippen molar-refractivity contribution in [3.05, 3.63) is 61.3 Å². The van der Waals surface area contributed by atoms with Crippen molar-refractivity contribution in [2.45, 2.75) is 0 Å². The van der Waals surface area contributed by atoms with E-state index in [9.17, 15) is 0 Å². The molecular weight excluding hydrogens is 321 g/mol. The molecule has 0 rings (SSSR count). The van der Waals surface area contributed by atoms with Crippen LogP contribution in [0.5, 0.6) is 0 Å². The molecule has 16 nitrogen and oxygen atoms in total. The van der Waals surface area contributed by atoms with Gasteiger partial charge in [-0.1, -0.05) is 0 Å². The van der Waals surface area contributed by atoms with Crippen molar-refractivity contribution in [3.8, 4) is 0 Å². The van der Waals surface area contributed by atoms with Gasteiger partial charge in [0, 0.05) is 0 Å². The first-order chi connectivity index (χ1) is 6.93. The molecule has 0 aliphatic heterocycles. The maximum Gasteiger partial charge on any atom is 4.00 e. The Labute approximate surface area is 100 Å². The number of hydrogen-bond acceptors (Lipinski definition) is 12. The van der Waals surface area contributed by atoms with Crippen LogP contribution in [0, 0.1) is 61.3 Å². The molecule has 0 aromatic heterocycles. The Morgan fingerprint density at radius 2 is 0.412 bits per heavy atom. The third kappa shape index (κ3) is 243. The second-order valence-corrected chi connectivity index (χ2v) is 0.894. The molecule has 17 heavy (non-hydrogen) atoms. The van der Waals surface area contributed by atoms with Gasteiger partial charge in [-0.15, -0.1) is 0 Å². The Balaban J connectivity index is -0.0000000369. The van der Waals surface area contributed by atoms with Crippen molar-refractivity contribution in [1.29, 1.82) is 0 Å². The maximum atomic E-state index is 8.25. The van der Waals surface area contributed by atoms with Crippen molar-refractivity contribution in [3.63, 3.8) is 0 Å². The number of rotatable bonds is 0. The van der Waals surface area contributed by atoms with Gasteiger partial charge in [-0.25, -0.2) is 0 Å². The van der Waals surface area contributed by atoms with E-state index in [0.29, 0.717) is 0 Å². The minimum atomic E-state index is -1.75. The molecule has 0 heterocycles. The molecule has 0 saturated heterocycles. The SMILES string of the molecule is O=[N+]([O-])[O-].O=[N+]([O-])[O-].O=[N+]([O-])[O-].O=[N+]([O-])[O-].[Ge+4]. The summed E-state index contributed by atoms with van der Waals surface area (Å²) in [6.07, 6.45) is 0. The van der Waals surface area contributed by atoms with Gasteiger partial charge < -0.3 is 61.3 Å². The van der Waals surface area contributed by atoms with E-state index in [1.807, 2.05) is 0 Å². The van der Waals surface area contributed by atoms with E-state index in [0.717, 1.165) is 0 Å². The number of nitrogens with zero attached hydrogens (tertiary/aromatic N) is 4. The largest absolute Gasteiger partial charge is 4.00 e. The Kier molecular flexibility index (Phi) is 40.1. The summed E-state index contributed by atoms with van der Waals surface area (Å²) in [5, 5.41) is 59.0. The van der Waals surface area contributed by atoms with Crippen LogP contribution in [0.1, 0.15) is 0 Å². The van der Waals surface area contributed by atoms with Crippen LogP contribution in [0.25, 0.3) is 0 Å². The van der Waals surface area contributed by atoms with Crippen molar-refractivity contribution >= 4 is 17.6 Å². The molecule has 0 unspecified atom stereocenters. The summed E-state index contributed by atoms with van der Waals surface area (Å²) in [7, 11) is 0. The molecule has 0 fully saturated rings. The molecule has 0 N–H and O–H groups in total. The molecule has 17 heteroatoms. The predicted molar refractivity (Wildman–Crippen MR) is 47.2 cm³/mol. The molecule has 0 aromatic rings. The van der Waals surface area contributed by atoms with Crippen molar-refractivity contribution < 1.29 is 20.3 Å². The van der Waals surface area contributed by atoms with Crippen molar-refractivity contribution in [1.82, 2.24) is 0 Å². The molecule has 0 bridgehead atoms. The fourth-order valence-corrected chi connectivity index (χ4v) is 0. The smallest absolute Gasteiger partial charge is 0.356 e. The van der Waals surface area contributed by atoms with Crippen LogP contribution in [0.4, 0.5) is 0 Å². The monoisotopic (exact) mass is 322 g/mol. The molecule has 0 aliphatic rings. The van der Waals surface area contributed by atoms with Gasteiger partial charge in [0.1, 0.15) is 0 Å². The molecular formula is GeN4O12. The fourth-order valence-electron chi connectivity index (χ4n) is 0. The first-order valence-corrected chi connectivity index (χ1v) is 2.19. The topological polar surface area (TPSA) is 265 Å². The van der Waals surface area contributed by atoms with E-state index in [-0.39, 0.29) is 17.6 Å². The summed E-state index contributed by atoms with van der Waals surface area (Å²) in [6.45, 7) is 0. The van der Waals surface area contributed by atoms with Crippen molar-refractivity contribution in [2.24, 2.45) is 0 Å². The van der Waals surface area contributed by atoms with Crippen LogP contribution in [-0.2, 0) is 0 Å². The third-order valence-corrected chi connectivity index (χ3v) is 0. The van der Waals surface area contributed by atoms with Gasteiger partial charge in [-0.3, -0.25) is 0 Å². The molecule has 0 amide bonds. The van der Waals surface area contributed by atoms with Gasteiger partial charge in [0.05, 0.1) is 20.3 Å². The molecule has 0 atom stereocenters. The fraction of sp³-hybridized carbons (Fsp3) is 0. The summed E-state index contributed by atoms with van der Waals surface area (Å²) < 4.78 is 0. The van der Waals surface area contributed by atoms with Crippen LogP contribution >= 0.6 is 0 Å². The Hall–Kier alpha value is -2.66. The Bertz CT molecular complexity index is 159. The molecule has 96 valence electrons. The minimum absolute atomic E-state index is 0. The molecule has 0 saturated carbocycles. The van der Waals surface area contributed by atoms with E-state index in [1.54, 1.807) is 0 Å². The van der Waals surface area contributed by atoms with E-state index >= 15 is 0 Å². The Morgan fingerprint density at radius 3 is 0.412 bits per heavy atom. The quantitative estimate of drug-likeness (QED) is 0.285. The second kappa shape index (κ2) is 23.3. The van der Waals surface area contributed by atoms with Crippen LogP contribution in [0.3, 0.4) is 0 Å². The average Bonchev–Trinajstić information content (AvgIpc) is 1.76. The third-order valence-electron chi connectivity index (χ3n) is 0. The Morgan fingerprint density at radius 1 is 0.412 bits per heavy atom. The van der Waals surface area contributed by atoms with E-state index in [1.165, 1.54) is 0 Å². The summed E-state index contributed by atoms with van der Waals surface area (Å²) >= 11 is 0. The predicted octanol–water partition coefficient (Wildman–Crippen LogP) is -1.34. The second-order valence-electron chi connectivity index (χ2n) is 0.894. The van der Waals surface area contributed by atoms with Crippen LogP contribution in [0.2, 0.25) is 0 Å². The molecule has 0 radical (unpaired) electrons. The zero-order chi connectivity index (χ0) is 14.3. The molecule has 0 aliphatic carbocycles. The van der Waals surface area contributed by atoms with Gasteiger partial charge in [0.15, 0.2) is 0 Å². The summed E-state index contributed by atoms with van der Waals surface area (Å²) in [4.78, 5) is 33.0. The number of hydrogen-bond donors (Lipinski definition) is 0. The average molecular weight is 321 g/mol.